The fourth-order valence-electron chi connectivity index (χ4n) is 3.80. The molecule has 31 heavy (non-hydrogen) atoms. The maximum atomic E-state index is 9.15. The van der Waals surface area contributed by atoms with E-state index in [0.717, 1.165) is 54.1 Å². The Labute approximate surface area is 181 Å². The molecule has 4 rings (SSSR count). The quantitative estimate of drug-likeness (QED) is 0.536. The molecule has 4 N–H and O–H groups in total. The second kappa shape index (κ2) is 8.90. The highest BCUT2D eigenvalue weighted by atomic mass is 15.3. The minimum Gasteiger partial charge on any atom is -0.386 e. The van der Waals surface area contributed by atoms with E-state index >= 15 is 0 Å². The number of hydrogen-bond acceptors (Lipinski definition) is 8. The average Bonchev–Trinajstić information content (AvgIpc) is 2.83. The van der Waals surface area contributed by atoms with Crippen LogP contribution in [0.1, 0.15) is 18.4 Å². The number of nitrogens with two attached hydrogens (primary N) is 1. The van der Waals surface area contributed by atoms with Gasteiger partial charge in [0.25, 0.3) is 0 Å². The number of aromatic nitrogens is 2. The molecule has 1 saturated heterocycles. The van der Waals surface area contributed by atoms with Crippen molar-refractivity contribution in [2.45, 2.75) is 18.9 Å². The summed E-state index contributed by atoms with van der Waals surface area (Å²) in [6.07, 6.45) is 1.85. The molecule has 156 valence electrons. The normalized spacial score (nSPS) is 14.2. The smallest absolute Gasteiger partial charge is 0.151 e. The summed E-state index contributed by atoms with van der Waals surface area (Å²) >= 11 is 0. The Morgan fingerprint density at radius 1 is 1.10 bits per heavy atom. The fraction of sp³-hybridized carbons (Fsp3) is 0.261. The van der Waals surface area contributed by atoms with Crippen molar-refractivity contribution in [2.24, 2.45) is 10.8 Å². The molecule has 1 aromatic heterocycles. The number of nitrogens with zero attached hydrogens (tertiary/aromatic N) is 5. The predicted octanol–water partition coefficient (Wildman–Crippen LogP) is 4.31. The summed E-state index contributed by atoms with van der Waals surface area (Å²) < 4.78 is 0. The Morgan fingerprint density at radius 3 is 2.45 bits per heavy atom. The molecule has 0 radical (unpaired) electrons. The van der Waals surface area contributed by atoms with Crippen LogP contribution >= 0.6 is 0 Å². The first-order chi connectivity index (χ1) is 15.1. The average molecular weight is 413 g/mol. The summed E-state index contributed by atoms with van der Waals surface area (Å²) in [6, 6.07) is 17.5. The lowest BCUT2D eigenvalue weighted by molar-refractivity contribution is 0.497. The van der Waals surface area contributed by atoms with Crippen molar-refractivity contribution in [3.8, 4) is 28.5 Å². The standard InChI is InChI=1S/C23H24N8/c1-27-20-7-6-17(12-21(20)28-26)23-19(16-4-2-15(14-24)3-5-16)13-22(29-30-23)31-10-8-18(25)9-11-31/h2-7,12-13,18,26-27H,8-11,25H2,1H3. The summed E-state index contributed by atoms with van der Waals surface area (Å²) in [4.78, 5) is 2.21. The van der Waals surface area contributed by atoms with Gasteiger partial charge < -0.3 is 16.0 Å². The van der Waals surface area contributed by atoms with Gasteiger partial charge in [-0.25, -0.2) is 5.53 Å². The SMILES string of the molecule is CNc1ccc(-c2nnc(N3CCC(N)CC3)cc2-c2ccc(C#N)cc2)cc1N=N. The third-order valence-corrected chi connectivity index (χ3v) is 5.63. The topological polar surface area (TPSA) is 127 Å². The third-order valence-electron chi connectivity index (χ3n) is 5.63. The molecule has 8 heteroatoms. The molecule has 2 aromatic carbocycles. The van der Waals surface area contributed by atoms with Gasteiger partial charge in [-0.05, 0) is 48.7 Å². The number of rotatable bonds is 5. The minimum absolute atomic E-state index is 0.235. The van der Waals surface area contributed by atoms with Crippen molar-refractivity contribution in [1.82, 2.24) is 10.2 Å². The molecule has 3 aromatic rings. The molecule has 1 aliphatic rings. The van der Waals surface area contributed by atoms with Crippen LogP contribution in [-0.4, -0.2) is 36.4 Å². The van der Waals surface area contributed by atoms with E-state index in [1.54, 1.807) is 19.2 Å². The van der Waals surface area contributed by atoms with Crippen molar-refractivity contribution in [3.05, 3.63) is 54.1 Å². The predicted molar refractivity (Wildman–Crippen MR) is 121 cm³/mol. The van der Waals surface area contributed by atoms with E-state index in [1.807, 2.05) is 36.4 Å². The highest BCUT2D eigenvalue weighted by molar-refractivity contribution is 5.85. The highest BCUT2D eigenvalue weighted by Crippen LogP contribution is 2.36. The molecule has 0 unspecified atom stereocenters. The maximum Gasteiger partial charge on any atom is 0.151 e. The molecule has 0 saturated carbocycles. The van der Waals surface area contributed by atoms with Crippen molar-refractivity contribution < 1.29 is 0 Å². The van der Waals surface area contributed by atoms with Crippen molar-refractivity contribution in [3.63, 3.8) is 0 Å². The van der Waals surface area contributed by atoms with Crippen LogP contribution < -0.4 is 16.0 Å². The fourth-order valence-corrected chi connectivity index (χ4v) is 3.80. The van der Waals surface area contributed by atoms with E-state index in [1.165, 1.54) is 0 Å². The third kappa shape index (κ3) is 4.22. The van der Waals surface area contributed by atoms with Gasteiger partial charge in [0.15, 0.2) is 5.82 Å². The lowest BCUT2D eigenvalue weighted by Crippen LogP contribution is -2.40. The second-order valence-electron chi connectivity index (χ2n) is 7.57. The largest absolute Gasteiger partial charge is 0.386 e. The van der Waals surface area contributed by atoms with Crippen LogP contribution in [0, 0.1) is 16.9 Å². The zero-order valence-electron chi connectivity index (χ0n) is 17.3. The van der Waals surface area contributed by atoms with Gasteiger partial charge in [-0.15, -0.1) is 10.2 Å². The monoisotopic (exact) mass is 412 g/mol. The van der Waals surface area contributed by atoms with Crippen LogP contribution in [0.5, 0.6) is 0 Å². The Balaban J connectivity index is 1.82. The Kier molecular flexibility index (Phi) is 5.87. The number of nitrogens with one attached hydrogen (secondary N) is 2. The van der Waals surface area contributed by atoms with E-state index in [2.05, 4.69) is 31.6 Å². The van der Waals surface area contributed by atoms with Gasteiger partial charge in [0.05, 0.1) is 17.3 Å². The second-order valence-corrected chi connectivity index (χ2v) is 7.57. The number of piperidine rings is 1. The number of hydrogen-bond donors (Lipinski definition) is 3. The van der Waals surface area contributed by atoms with E-state index < -0.39 is 0 Å². The molecular formula is C23H24N8. The number of anilines is 2. The van der Waals surface area contributed by atoms with Gasteiger partial charge in [-0.1, -0.05) is 18.2 Å². The van der Waals surface area contributed by atoms with Gasteiger partial charge >= 0.3 is 0 Å². The maximum absolute atomic E-state index is 9.15. The molecular weight excluding hydrogens is 388 g/mol. The van der Waals surface area contributed by atoms with Gasteiger partial charge in [-0.2, -0.15) is 10.4 Å². The summed E-state index contributed by atoms with van der Waals surface area (Å²) in [7, 11) is 1.80. The van der Waals surface area contributed by atoms with Crippen molar-refractivity contribution in [2.75, 3.05) is 30.4 Å². The Bertz CT molecular complexity index is 1130. The lowest BCUT2D eigenvalue weighted by Gasteiger charge is -2.31. The molecule has 0 amide bonds. The first-order valence-electron chi connectivity index (χ1n) is 10.2. The van der Waals surface area contributed by atoms with Crippen LogP contribution in [0.4, 0.5) is 17.2 Å². The van der Waals surface area contributed by atoms with Gasteiger partial charge in [0.2, 0.25) is 0 Å². The van der Waals surface area contributed by atoms with Gasteiger partial charge in [0, 0.05) is 37.3 Å². The lowest BCUT2D eigenvalue weighted by atomic mass is 9.98. The molecule has 1 fully saturated rings. The van der Waals surface area contributed by atoms with E-state index in [-0.39, 0.29) is 6.04 Å². The van der Waals surface area contributed by atoms with Crippen molar-refractivity contribution >= 4 is 17.2 Å². The summed E-state index contributed by atoms with van der Waals surface area (Å²) in [5.74, 6) is 0.812. The van der Waals surface area contributed by atoms with Crippen LogP contribution in [0.15, 0.2) is 53.6 Å². The summed E-state index contributed by atoms with van der Waals surface area (Å²) in [6.45, 7) is 1.70. The Morgan fingerprint density at radius 2 is 1.81 bits per heavy atom. The number of nitriles is 1. The molecule has 1 aliphatic heterocycles. The highest BCUT2D eigenvalue weighted by Gasteiger charge is 2.20. The molecule has 2 heterocycles. The zero-order chi connectivity index (χ0) is 21.8. The summed E-state index contributed by atoms with van der Waals surface area (Å²) in [5.41, 5.74) is 18.8. The van der Waals surface area contributed by atoms with Gasteiger partial charge in [0.1, 0.15) is 11.4 Å². The van der Waals surface area contributed by atoms with Crippen LogP contribution in [-0.2, 0) is 0 Å². The molecule has 0 atom stereocenters. The number of benzene rings is 2. The first-order valence-corrected chi connectivity index (χ1v) is 10.2. The summed E-state index contributed by atoms with van der Waals surface area (Å²) in [5, 5.41) is 24.9. The molecule has 0 spiro atoms. The Hall–Kier alpha value is -3.83. The van der Waals surface area contributed by atoms with Crippen LogP contribution in [0.2, 0.25) is 0 Å². The molecule has 8 nitrogen and oxygen atoms in total. The zero-order valence-corrected chi connectivity index (χ0v) is 17.3. The van der Waals surface area contributed by atoms with E-state index in [9.17, 15) is 0 Å². The van der Waals surface area contributed by atoms with E-state index in [0.29, 0.717) is 16.9 Å². The first kappa shape index (κ1) is 20.4. The minimum atomic E-state index is 0.235. The molecule has 0 bridgehead atoms. The van der Waals surface area contributed by atoms with Crippen LogP contribution in [0.3, 0.4) is 0 Å². The van der Waals surface area contributed by atoms with E-state index in [4.69, 9.17) is 16.5 Å². The van der Waals surface area contributed by atoms with Crippen LogP contribution in [0.25, 0.3) is 22.4 Å². The van der Waals surface area contributed by atoms with Crippen molar-refractivity contribution in [1.29, 1.82) is 10.8 Å². The van der Waals surface area contributed by atoms with Gasteiger partial charge in [-0.3, -0.25) is 0 Å². The molecule has 0 aliphatic carbocycles.